The topological polar surface area (TPSA) is 72.3 Å². The number of carboxylic acids is 1. The molecule has 0 radical (unpaired) electrons. The number of carboxylic acid groups (broad SMARTS) is 1. The third kappa shape index (κ3) is 2.92. The van der Waals surface area contributed by atoms with E-state index in [4.69, 9.17) is 9.84 Å². The van der Waals surface area contributed by atoms with Gasteiger partial charge in [0.2, 0.25) is 0 Å². The van der Waals surface area contributed by atoms with Crippen molar-refractivity contribution in [1.29, 1.82) is 0 Å². The molecule has 1 saturated heterocycles. The molecule has 1 unspecified atom stereocenters. The van der Waals surface area contributed by atoms with E-state index in [1.54, 1.807) is 0 Å². The molecule has 0 bridgehead atoms. The van der Waals surface area contributed by atoms with E-state index in [2.05, 4.69) is 9.97 Å². The van der Waals surface area contributed by atoms with Crippen LogP contribution >= 0.6 is 0 Å². The molecule has 1 N–H and O–H groups in total. The van der Waals surface area contributed by atoms with E-state index in [0.717, 1.165) is 42.2 Å². The fraction of sp³-hybridized carbons (Fsp3) is 0.643. The molecule has 0 aromatic carbocycles. The summed E-state index contributed by atoms with van der Waals surface area (Å²) in [4.78, 5) is 19.7. The first kappa shape index (κ1) is 13.9. The Hall–Kier alpha value is -1.49. The standard InChI is InChI=1S/C14H20N2O3/c1-9-11(5-6-12(17)18)10(2)16-13(15-9)14(3)7-4-8-19-14/h4-8H2,1-3H3,(H,17,18). The van der Waals surface area contributed by atoms with Crippen molar-refractivity contribution in [1.82, 2.24) is 9.97 Å². The summed E-state index contributed by atoms with van der Waals surface area (Å²) in [7, 11) is 0. The maximum atomic E-state index is 10.7. The molecule has 1 aromatic heterocycles. The monoisotopic (exact) mass is 264 g/mol. The highest BCUT2D eigenvalue weighted by atomic mass is 16.5. The molecule has 2 rings (SSSR count). The van der Waals surface area contributed by atoms with E-state index in [0.29, 0.717) is 6.42 Å². The molecule has 5 heteroatoms. The zero-order valence-corrected chi connectivity index (χ0v) is 11.7. The van der Waals surface area contributed by atoms with Crippen molar-refractivity contribution in [3.05, 3.63) is 22.8 Å². The van der Waals surface area contributed by atoms with Gasteiger partial charge in [-0.3, -0.25) is 4.79 Å². The molecule has 1 atom stereocenters. The molecule has 0 amide bonds. The van der Waals surface area contributed by atoms with Crippen molar-refractivity contribution in [2.24, 2.45) is 0 Å². The molecule has 0 aliphatic carbocycles. The third-order valence-corrected chi connectivity index (χ3v) is 3.70. The SMILES string of the molecule is Cc1nc(C2(C)CCCO2)nc(C)c1CCC(=O)O. The number of carbonyl (C=O) groups is 1. The Morgan fingerprint density at radius 1 is 1.37 bits per heavy atom. The maximum absolute atomic E-state index is 10.7. The summed E-state index contributed by atoms with van der Waals surface area (Å²) in [6.07, 6.45) is 2.54. The van der Waals surface area contributed by atoms with Gasteiger partial charge in [-0.2, -0.15) is 0 Å². The van der Waals surface area contributed by atoms with E-state index < -0.39 is 5.97 Å². The lowest BCUT2D eigenvalue weighted by atomic mass is 10.00. The molecule has 104 valence electrons. The number of ether oxygens (including phenoxy) is 1. The molecule has 0 spiro atoms. The van der Waals surface area contributed by atoms with E-state index in [-0.39, 0.29) is 12.0 Å². The average Bonchev–Trinajstić information content (AvgIpc) is 2.76. The quantitative estimate of drug-likeness (QED) is 0.902. The Morgan fingerprint density at radius 3 is 2.47 bits per heavy atom. The first-order valence-corrected chi connectivity index (χ1v) is 6.63. The second kappa shape index (κ2) is 5.25. The zero-order chi connectivity index (χ0) is 14.0. The summed E-state index contributed by atoms with van der Waals surface area (Å²) in [6, 6.07) is 0. The summed E-state index contributed by atoms with van der Waals surface area (Å²) >= 11 is 0. The molecular weight excluding hydrogens is 244 g/mol. The highest BCUT2D eigenvalue weighted by Crippen LogP contribution is 2.34. The van der Waals surface area contributed by atoms with E-state index in [1.807, 2.05) is 20.8 Å². The van der Waals surface area contributed by atoms with Gasteiger partial charge in [0.15, 0.2) is 5.82 Å². The van der Waals surface area contributed by atoms with Crippen LogP contribution in [0.3, 0.4) is 0 Å². The number of aromatic nitrogens is 2. The number of hydrogen-bond acceptors (Lipinski definition) is 4. The molecule has 1 fully saturated rings. The minimum atomic E-state index is -0.797. The molecule has 5 nitrogen and oxygen atoms in total. The highest BCUT2D eigenvalue weighted by molar-refractivity contribution is 5.67. The zero-order valence-electron chi connectivity index (χ0n) is 11.7. The summed E-state index contributed by atoms with van der Waals surface area (Å²) < 4.78 is 5.76. The third-order valence-electron chi connectivity index (χ3n) is 3.70. The summed E-state index contributed by atoms with van der Waals surface area (Å²) in [6.45, 7) is 6.59. The van der Waals surface area contributed by atoms with Crippen LogP contribution in [0.15, 0.2) is 0 Å². The van der Waals surface area contributed by atoms with Gasteiger partial charge in [-0.25, -0.2) is 9.97 Å². The lowest BCUT2D eigenvalue weighted by molar-refractivity contribution is -0.136. The number of aryl methyl sites for hydroxylation is 2. The van der Waals surface area contributed by atoms with Crippen LogP contribution in [-0.2, 0) is 21.6 Å². The predicted octanol–water partition coefficient (Wildman–Crippen LogP) is 2.14. The van der Waals surface area contributed by atoms with Crippen molar-refractivity contribution in [2.75, 3.05) is 6.61 Å². The van der Waals surface area contributed by atoms with Gasteiger partial charge in [0.25, 0.3) is 0 Å². The van der Waals surface area contributed by atoms with Crippen LogP contribution < -0.4 is 0 Å². The second-order valence-electron chi connectivity index (χ2n) is 5.27. The first-order valence-electron chi connectivity index (χ1n) is 6.63. The van der Waals surface area contributed by atoms with Gasteiger partial charge < -0.3 is 9.84 Å². The van der Waals surface area contributed by atoms with Crippen LogP contribution in [0.2, 0.25) is 0 Å². The minimum absolute atomic E-state index is 0.109. The van der Waals surface area contributed by atoms with E-state index >= 15 is 0 Å². The lowest BCUT2D eigenvalue weighted by Crippen LogP contribution is -2.25. The van der Waals surface area contributed by atoms with E-state index in [9.17, 15) is 4.79 Å². The number of aliphatic carboxylic acids is 1. The fourth-order valence-corrected chi connectivity index (χ4v) is 2.53. The Bertz CT molecular complexity index is 470. The van der Waals surface area contributed by atoms with E-state index in [1.165, 1.54) is 0 Å². The molecule has 1 aromatic rings. The van der Waals surface area contributed by atoms with Crippen molar-refractivity contribution < 1.29 is 14.6 Å². The van der Waals surface area contributed by atoms with Gasteiger partial charge >= 0.3 is 5.97 Å². The first-order chi connectivity index (χ1) is 8.92. The smallest absolute Gasteiger partial charge is 0.303 e. The van der Waals surface area contributed by atoms with Crippen molar-refractivity contribution in [2.45, 2.75) is 52.1 Å². The molecular formula is C14H20N2O3. The number of rotatable bonds is 4. The van der Waals surface area contributed by atoms with Crippen molar-refractivity contribution in [3.63, 3.8) is 0 Å². The predicted molar refractivity (Wildman–Crippen MR) is 70.0 cm³/mol. The Morgan fingerprint density at radius 2 is 2.00 bits per heavy atom. The summed E-state index contributed by atoms with van der Waals surface area (Å²) in [5.41, 5.74) is 2.27. The fourth-order valence-electron chi connectivity index (χ4n) is 2.53. The van der Waals surface area contributed by atoms with Crippen LogP contribution in [0.25, 0.3) is 0 Å². The van der Waals surface area contributed by atoms with Crippen LogP contribution in [0.4, 0.5) is 0 Å². The largest absolute Gasteiger partial charge is 0.481 e. The minimum Gasteiger partial charge on any atom is -0.481 e. The van der Waals surface area contributed by atoms with Crippen molar-refractivity contribution >= 4 is 5.97 Å². The van der Waals surface area contributed by atoms with Crippen LogP contribution in [0.5, 0.6) is 0 Å². The summed E-state index contributed by atoms with van der Waals surface area (Å²) in [5, 5.41) is 8.76. The average molecular weight is 264 g/mol. The number of hydrogen-bond donors (Lipinski definition) is 1. The van der Waals surface area contributed by atoms with Gasteiger partial charge in [-0.15, -0.1) is 0 Å². The molecule has 1 aliphatic rings. The Kier molecular flexibility index (Phi) is 3.85. The van der Waals surface area contributed by atoms with Crippen LogP contribution in [-0.4, -0.2) is 27.7 Å². The molecule has 0 saturated carbocycles. The normalized spacial score (nSPS) is 22.7. The highest BCUT2D eigenvalue weighted by Gasteiger charge is 2.35. The molecule has 1 aliphatic heterocycles. The maximum Gasteiger partial charge on any atom is 0.303 e. The summed E-state index contributed by atoms with van der Waals surface area (Å²) in [5.74, 6) is -0.0759. The van der Waals surface area contributed by atoms with Gasteiger partial charge in [-0.1, -0.05) is 0 Å². The van der Waals surface area contributed by atoms with Gasteiger partial charge in [0, 0.05) is 24.4 Å². The van der Waals surface area contributed by atoms with Crippen molar-refractivity contribution in [3.8, 4) is 0 Å². The van der Waals surface area contributed by atoms with Gasteiger partial charge in [0.05, 0.1) is 0 Å². The van der Waals surface area contributed by atoms with Crippen LogP contribution in [0, 0.1) is 13.8 Å². The van der Waals surface area contributed by atoms with Gasteiger partial charge in [-0.05, 0) is 45.6 Å². The Labute approximate surface area is 113 Å². The molecule has 19 heavy (non-hydrogen) atoms. The molecule has 2 heterocycles. The van der Waals surface area contributed by atoms with Gasteiger partial charge in [0.1, 0.15) is 5.60 Å². The lowest BCUT2D eigenvalue weighted by Gasteiger charge is -2.23. The second-order valence-corrected chi connectivity index (χ2v) is 5.27. The van der Waals surface area contributed by atoms with Crippen LogP contribution in [0.1, 0.15) is 49.0 Å². The number of nitrogens with zero attached hydrogens (tertiary/aromatic N) is 2. The Balaban J connectivity index is 2.28.